The van der Waals surface area contributed by atoms with Crippen LogP contribution < -0.4 is 5.32 Å². The summed E-state index contributed by atoms with van der Waals surface area (Å²) in [5.41, 5.74) is 0. The summed E-state index contributed by atoms with van der Waals surface area (Å²) in [4.78, 5) is 12.7. The normalized spacial score (nSPS) is 30.9. The van der Waals surface area contributed by atoms with Gasteiger partial charge in [0, 0.05) is 18.5 Å². The summed E-state index contributed by atoms with van der Waals surface area (Å²) >= 11 is 0. The van der Waals surface area contributed by atoms with Crippen LogP contribution in [0.1, 0.15) is 0 Å². The molecule has 2 heterocycles. The number of carbonyl (C=O) groups is 1. The van der Waals surface area contributed by atoms with Gasteiger partial charge >= 0.3 is 6.03 Å². The van der Waals surface area contributed by atoms with Crippen LogP contribution in [0.5, 0.6) is 0 Å². The molecule has 1 atom stereocenters. The molecule has 5 nitrogen and oxygen atoms in total. The largest absolute Gasteiger partial charge is 0.336 e. The van der Waals surface area contributed by atoms with Crippen molar-refractivity contribution >= 4 is 15.9 Å². The Morgan fingerprint density at radius 3 is 2.77 bits per heavy atom. The average molecular weight is 202 g/mol. The van der Waals surface area contributed by atoms with E-state index in [1.54, 1.807) is 11.0 Å². The van der Waals surface area contributed by atoms with Crippen molar-refractivity contribution in [2.45, 2.75) is 6.04 Å². The standard InChI is InChI=1S/C7H10N2O3S/c10-7-8-2-3-9(7)6-1-4-13(11,12)5-6/h1,4,6H,2-3,5H2,(H,8,10). The van der Waals surface area contributed by atoms with Crippen LogP contribution >= 0.6 is 0 Å². The van der Waals surface area contributed by atoms with E-state index < -0.39 is 9.84 Å². The fourth-order valence-corrected chi connectivity index (χ4v) is 2.86. The lowest BCUT2D eigenvalue weighted by Crippen LogP contribution is -2.38. The lowest BCUT2D eigenvalue weighted by atomic mass is 10.3. The molecule has 13 heavy (non-hydrogen) atoms. The van der Waals surface area contributed by atoms with E-state index in [1.165, 1.54) is 5.41 Å². The number of rotatable bonds is 1. The Labute approximate surface area is 76.3 Å². The number of sulfone groups is 1. The molecule has 2 rings (SSSR count). The van der Waals surface area contributed by atoms with Crippen molar-refractivity contribution in [3.63, 3.8) is 0 Å². The molecule has 2 aliphatic heterocycles. The first kappa shape index (κ1) is 8.55. The van der Waals surface area contributed by atoms with E-state index in [1.807, 2.05) is 0 Å². The van der Waals surface area contributed by atoms with Crippen molar-refractivity contribution in [3.05, 3.63) is 11.5 Å². The first-order valence-electron chi connectivity index (χ1n) is 4.04. The number of nitrogens with zero attached hydrogens (tertiary/aromatic N) is 1. The molecule has 0 aromatic heterocycles. The molecule has 0 aromatic rings. The van der Waals surface area contributed by atoms with Gasteiger partial charge in [0.25, 0.3) is 0 Å². The zero-order valence-corrected chi connectivity index (χ0v) is 7.75. The van der Waals surface area contributed by atoms with Crippen LogP contribution in [0.25, 0.3) is 0 Å². The van der Waals surface area contributed by atoms with E-state index in [0.29, 0.717) is 13.1 Å². The van der Waals surface area contributed by atoms with Crippen LogP contribution in [0.15, 0.2) is 11.5 Å². The molecule has 0 aromatic carbocycles. The molecule has 1 N–H and O–H groups in total. The maximum atomic E-state index is 11.2. The first-order valence-corrected chi connectivity index (χ1v) is 5.75. The Kier molecular flexibility index (Phi) is 1.80. The summed E-state index contributed by atoms with van der Waals surface area (Å²) in [6, 6.07) is -0.445. The predicted molar refractivity (Wildman–Crippen MR) is 46.8 cm³/mol. The summed E-state index contributed by atoms with van der Waals surface area (Å²) in [5.74, 6) is 0.0282. The number of nitrogens with one attached hydrogen (secondary N) is 1. The van der Waals surface area contributed by atoms with Crippen molar-refractivity contribution in [1.82, 2.24) is 10.2 Å². The highest BCUT2D eigenvalue weighted by Gasteiger charge is 2.32. The zero-order valence-electron chi connectivity index (χ0n) is 6.93. The Bertz CT molecular complexity index is 360. The van der Waals surface area contributed by atoms with E-state index in [2.05, 4.69) is 5.32 Å². The van der Waals surface area contributed by atoms with Crippen LogP contribution in [-0.2, 0) is 9.84 Å². The van der Waals surface area contributed by atoms with Gasteiger partial charge in [0.1, 0.15) is 0 Å². The predicted octanol–water partition coefficient (Wildman–Crippen LogP) is -0.678. The summed E-state index contributed by atoms with van der Waals surface area (Å²) in [7, 11) is -3.06. The van der Waals surface area contributed by atoms with Gasteiger partial charge in [-0.2, -0.15) is 0 Å². The summed E-state index contributed by atoms with van der Waals surface area (Å²) < 4.78 is 22.1. The topological polar surface area (TPSA) is 66.5 Å². The van der Waals surface area contributed by atoms with E-state index in [4.69, 9.17) is 0 Å². The number of hydrogen-bond donors (Lipinski definition) is 1. The summed E-state index contributed by atoms with van der Waals surface area (Å²) in [5, 5.41) is 3.82. The molecule has 0 bridgehead atoms. The monoisotopic (exact) mass is 202 g/mol. The van der Waals surface area contributed by atoms with Gasteiger partial charge in [-0.25, -0.2) is 13.2 Å². The number of hydrogen-bond acceptors (Lipinski definition) is 3. The van der Waals surface area contributed by atoms with Crippen LogP contribution in [-0.4, -0.2) is 44.2 Å². The molecular formula is C7H10N2O3S. The van der Waals surface area contributed by atoms with E-state index >= 15 is 0 Å². The highest BCUT2D eigenvalue weighted by molar-refractivity contribution is 7.94. The fraction of sp³-hybridized carbons (Fsp3) is 0.571. The Morgan fingerprint density at radius 1 is 1.54 bits per heavy atom. The van der Waals surface area contributed by atoms with Crippen molar-refractivity contribution in [1.29, 1.82) is 0 Å². The molecule has 1 saturated heterocycles. The molecule has 0 spiro atoms. The average Bonchev–Trinajstić information content (AvgIpc) is 2.56. The van der Waals surface area contributed by atoms with Gasteiger partial charge in [0.05, 0.1) is 11.8 Å². The highest BCUT2D eigenvalue weighted by atomic mass is 32.2. The van der Waals surface area contributed by atoms with Gasteiger partial charge in [0.15, 0.2) is 9.84 Å². The van der Waals surface area contributed by atoms with Crippen molar-refractivity contribution in [2.24, 2.45) is 0 Å². The molecule has 0 radical (unpaired) electrons. The van der Waals surface area contributed by atoms with Crippen molar-refractivity contribution < 1.29 is 13.2 Å². The van der Waals surface area contributed by atoms with Crippen molar-refractivity contribution in [3.8, 4) is 0 Å². The molecule has 0 aliphatic carbocycles. The highest BCUT2D eigenvalue weighted by Crippen LogP contribution is 2.15. The second-order valence-electron chi connectivity index (χ2n) is 3.15. The fourth-order valence-electron chi connectivity index (χ4n) is 1.56. The van der Waals surface area contributed by atoms with Gasteiger partial charge in [-0.1, -0.05) is 0 Å². The molecule has 2 aliphatic rings. The summed E-state index contributed by atoms with van der Waals surface area (Å²) in [6.07, 6.45) is 1.57. The molecule has 1 unspecified atom stereocenters. The first-order chi connectivity index (χ1) is 6.08. The molecule has 1 fully saturated rings. The SMILES string of the molecule is O=C1NCCN1C1C=CS(=O)(=O)C1. The maximum Gasteiger partial charge on any atom is 0.318 e. The van der Waals surface area contributed by atoms with Gasteiger partial charge in [-0.15, -0.1) is 0 Å². The van der Waals surface area contributed by atoms with Crippen LogP contribution in [0.2, 0.25) is 0 Å². The summed E-state index contributed by atoms with van der Waals surface area (Å²) in [6.45, 7) is 1.19. The zero-order chi connectivity index (χ0) is 9.47. The second kappa shape index (κ2) is 2.73. The second-order valence-corrected chi connectivity index (χ2v) is 5.08. The third-order valence-electron chi connectivity index (χ3n) is 2.20. The Hall–Kier alpha value is -1.04. The van der Waals surface area contributed by atoms with Crippen molar-refractivity contribution in [2.75, 3.05) is 18.8 Å². The third-order valence-corrected chi connectivity index (χ3v) is 3.58. The van der Waals surface area contributed by atoms with Gasteiger partial charge in [0.2, 0.25) is 0 Å². The quantitative estimate of drug-likeness (QED) is 0.612. The van der Waals surface area contributed by atoms with Gasteiger partial charge < -0.3 is 10.2 Å². The molecular weight excluding hydrogens is 192 g/mol. The number of urea groups is 1. The van der Waals surface area contributed by atoms with Crippen LogP contribution in [0, 0.1) is 0 Å². The molecule has 0 saturated carbocycles. The molecule has 2 amide bonds. The minimum absolute atomic E-state index is 0.0282. The van der Waals surface area contributed by atoms with Crippen LogP contribution in [0.4, 0.5) is 4.79 Å². The van der Waals surface area contributed by atoms with E-state index in [9.17, 15) is 13.2 Å². The van der Waals surface area contributed by atoms with E-state index in [-0.39, 0.29) is 17.8 Å². The molecule has 72 valence electrons. The minimum atomic E-state index is -3.06. The number of carbonyl (C=O) groups excluding carboxylic acids is 1. The maximum absolute atomic E-state index is 11.2. The smallest absolute Gasteiger partial charge is 0.318 e. The van der Waals surface area contributed by atoms with Gasteiger partial charge in [-0.05, 0) is 6.08 Å². The van der Waals surface area contributed by atoms with E-state index in [0.717, 1.165) is 0 Å². The molecule has 6 heteroatoms. The number of amides is 2. The van der Waals surface area contributed by atoms with Crippen LogP contribution in [0.3, 0.4) is 0 Å². The lowest BCUT2D eigenvalue weighted by Gasteiger charge is -2.19. The Morgan fingerprint density at radius 2 is 2.31 bits per heavy atom. The lowest BCUT2D eigenvalue weighted by molar-refractivity contribution is 0.211. The Balaban J connectivity index is 2.13. The minimum Gasteiger partial charge on any atom is -0.336 e. The van der Waals surface area contributed by atoms with Gasteiger partial charge in [-0.3, -0.25) is 0 Å². The third kappa shape index (κ3) is 1.53.